The molecule has 1 unspecified atom stereocenters. The number of aromatic nitrogens is 1. The maximum atomic E-state index is 12.1. The maximum absolute atomic E-state index is 12.1. The van der Waals surface area contributed by atoms with Gasteiger partial charge in [-0.05, 0) is 38.6 Å². The second-order valence-electron chi connectivity index (χ2n) is 5.00. The number of rotatable bonds is 3. The van der Waals surface area contributed by atoms with Gasteiger partial charge < -0.3 is 10.2 Å². The average Bonchev–Trinajstić information content (AvgIpc) is 3.01. The van der Waals surface area contributed by atoms with Gasteiger partial charge in [-0.15, -0.1) is 11.3 Å². The fourth-order valence-corrected chi connectivity index (χ4v) is 3.44. The first kappa shape index (κ1) is 12.6. The number of likely N-dealkylation sites (tertiary alicyclic amines) is 1. The van der Waals surface area contributed by atoms with Crippen molar-refractivity contribution in [3.8, 4) is 0 Å². The van der Waals surface area contributed by atoms with Crippen LogP contribution in [-0.2, 0) is 0 Å². The van der Waals surface area contributed by atoms with Gasteiger partial charge in [-0.1, -0.05) is 6.07 Å². The Bertz CT molecular complexity index is 562. The first-order chi connectivity index (χ1) is 9.24. The summed E-state index contributed by atoms with van der Waals surface area (Å²) in [6.45, 7) is 1.87. The molecule has 1 aliphatic heterocycles. The normalized spacial score (nSPS) is 19.9. The lowest BCUT2D eigenvalue weighted by molar-refractivity contribution is 0.0948. The van der Waals surface area contributed by atoms with Crippen LogP contribution in [0.15, 0.2) is 24.4 Å². The molecule has 19 heavy (non-hydrogen) atoms. The van der Waals surface area contributed by atoms with Crippen LogP contribution in [0.25, 0.3) is 10.2 Å². The lowest BCUT2D eigenvalue weighted by atomic mass is 10.2. The van der Waals surface area contributed by atoms with Crippen molar-refractivity contribution in [3.05, 3.63) is 29.3 Å². The van der Waals surface area contributed by atoms with Gasteiger partial charge >= 0.3 is 0 Å². The molecule has 1 saturated heterocycles. The number of nitrogens with one attached hydrogen (secondary N) is 1. The molecular formula is C14H17N3OS. The zero-order chi connectivity index (χ0) is 13.2. The molecule has 0 aliphatic carbocycles. The second kappa shape index (κ2) is 5.27. The van der Waals surface area contributed by atoms with Crippen molar-refractivity contribution >= 4 is 27.5 Å². The van der Waals surface area contributed by atoms with E-state index >= 15 is 0 Å². The van der Waals surface area contributed by atoms with Crippen molar-refractivity contribution in [2.24, 2.45) is 0 Å². The van der Waals surface area contributed by atoms with E-state index in [4.69, 9.17) is 0 Å². The van der Waals surface area contributed by atoms with Gasteiger partial charge in [-0.3, -0.25) is 4.79 Å². The molecule has 0 aromatic carbocycles. The van der Waals surface area contributed by atoms with Gasteiger partial charge in [0.05, 0.1) is 4.88 Å². The van der Waals surface area contributed by atoms with Gasteiger partial charge in [0.2, 0.25) is 0 Å². The quantitative estimate of drug-likeness (QED) is 0.933. The molecule has 1 N–H and O–H groups in total. The van der Waals surface area contributed by atoms with Gasteiger partial charge in [0.25, 0.3) is 5.91 Å². The van der Waals surface area contributed by atoms with Crippen LogP contribution >= 0.6 is 11.3 Å². The number of hydrogen-bond acceptors (Lipinski definition) is 4. The van der Waals surface area contributed by atoms with Crippen LogP contribution in [0.5, 0.6) is 0 Å². The highest BCUT2D eigenvalue weighted by Gasteiger charge is 2.21. The van der Waals surface area contributed by atoms with Crippen LogP contribution in [0.1, 0.15) is 22.5 Å². The highest BCUT2D eigenvalue weighted by Crippen LogP contribution is 2.23. The van der Waals surface area contributed by atoms with E-state index in [9.17, 15) is 4.79 Å². The molecule has 3 heterocycles. The van der Waals surface area contributed by atoms with E-state index in [2.05, 4.69) is 22.2 Å². The predicted molar refractivity (Wildman–Crippen MR) is 77.6 cm³/mol. The molecule has 5 heteroatoms. The minimum absolute atomic E-state index is 0.0169. The van der Waals surface area contributed by atoms with Crippen LogP contribution in [0.2, 0.25) is 0 Å². The zero-order valence-electron chi connectivity index (χ0n) is 10.9. The topological polar surface area (TPSA) is 45.2 Å². The second-order valence-corrected chi connectivity index (χ2v) is 6.03. The Morgan fingerprint density at radius 2 is 2.53 bits per heavy atom. The minimum Gasteiger partial charge on any atom is -0.350 e. The van der Waals surface area contributed by atoms with Crippen LogP contribution in [0.3, 0.4) is 0 Å². The van der Waals surface area contributed by atoms with E-state index in [0.29, 0.717) is 6.04 Å². The smallest absolute Gasteiger partial charge is 0.261 e. The molecule has 0 saturated carbocycles. The number of hydrogen-bond donors (Lipinski definition) is 1. The molecule has 1 fully saturated rings. The Morgan fingerprint density at radius 3 is 3.26 bits per heavy atom. The molecule has 1 amide bonds. The first-order valence-electron chi connectivity index (χ1n) is 6.57. The van der Waals surface area contributed by atoms with Crippen LogP contribution in [-0.4, -0.2) is 42.0 Å². The number of nitrogens with zero attached hydrogens (tertiary/aromatic N) is 2. The highest BCUT2D eigenvalue weighted by molar-refractivity contribution is 7.20. The molecule has 4 nitrogen and oxygen atoms in total. The fourth-order valence-electron chi connectivity index (χ4n) is 2.52. The summed E-state index contributed by atoms with van der Waals surface area (Å²) in [6, 6.07) is 6.28. The number of likely N-dealkylation sites (N-methyl/N-ethyl adjacent to an activating group) is 1. The maximum Gasteiger partial charge on any atom is 0.261 e. The van der Waals surface area contributed by atoms with E-state index in [-0.39, 0.29) is 5.91 Å². The highest BCUT2D eigenvalue weighted by atomic mass is 32.1. The predicted octanol–water partition coefficient (Wildman–Crippen LogP) is 2.12. The van der Waals surface area contributed by atoms with Gasteiger partial charge in [0, 0.05) is 24.2 Å². The minimum atomic E-state index is 0.0169. The van der Waals surface area contributed by atoms with Crippen LogP contribution < -0.4 is 5.32 Å². The summed E-state index contributed by atoms with van der Waals surface area (Å²) in [5, 5.41) is 4.07. The van der Waals surface area contributed by atoms with Crippen LogP contribution in [0.4, 0.5) is 0 Å². The van der Waals surface area contributed by atoms with Crippen molar-refractivity contribution in [2.45, 2.75) is 18.9 Å². The number of fused-ring (bicyclic) bond motifs is 1. The number of carbonyl (C=O) groups is 1. The molecule has 3 rings (SSSR count). The first-order valence-corrected chi connectivity index (χ1v) is 7.39. The average molecular weight is 275 g/mol. The Labute approximate surface area is 116 Å². The zero-order valence-corrected chi connectivity index (χ0v) is 11.7. The van der Waals surface area contributed by atoms with Gasteiger partial charge in [-0.25, -0.2) is 4.98 Å². The van der Waals surface area contributed by atoms with Crippen molar-refractivity contribution in [3.63, 3.8) is 0 Å². The van der Waals surface area contributed by atoms with Crippen molar-refractivity contribution in [1.82, 2.24) is 15.2 Å². The van der Waals surface area contributed by atoms with E-state index in [1.807, 2.05) is 18.2 Å². The summed E-state index contributed by atoms with van der Waals surface area (Å²) >= 11 is 1.45. The van der Waals surface area contributed by atoms with E-state index in [1.54, 1.807) is 6.20 Å². The number of thiophene rings is 1. The Balaban J connectivity index is 1.66. The molecule has 2 aromatic rings. The van der Waals surface area contributed by atoms with Crippen molar-refractivity contribution in [1.29, 1.82) is 0 Å². The number of pyridine rings is 1. The molecule has 0 bridgehead atoms. The van der Waals surface area contributed by atoms with Crippen molar-refractivity contribution in [2.75, 3.05) is 20.1 Å². The van der Waals surface area contributed by atoms with E-state index < -0.39 is 0 Å². The molecular weight excluding hydrogens is 258 g/mol. The Kier molecular flexibility index (Phi) is 3.48. The van der Waals surface area contributed by atoms with E-state index in [0.717, 1.165) is 28.2 Å². The summed E-state index contributed by atoms with van der Waals surface area (Å²) in [7, 11) is 2.12. The number of amides is 1. The van der Waals surface area contributed by atoms with Gasteiger partial charge in [0.15, 0.2) is 0 Å². The third-order valence-corrected chi connectivity index (χ3v) is 4.74. The molecule has 2 aromatic heterocycles. The number of carbonyl (C=O) groups excluding carboxylic acids is 1. The monoisotopic (exact) mass is 275 g/mol. The molecule has 100 valence electrons. The summed E-state index contributed by atoms with van der Waals surface area (Å²) < 4.78 is 0. The Morgan fingerprint density at radius 1 is 1.63 bits per heavy atom. The Hall–Kier alpha value is -1.46. The standard InChI is InChI=1S/C14H17N3OS/c1-17-7-3-5-11(17)9-16-13(18)12-8-10-4-2-6-15-14(10)19-12/h2,4,6,8,11H,3,5,7,9H2,1H3,(H,16,18). The van der Waals surface area contributed by atoms with Gasteiger partial charge in [-0.2, -0.15) is 0 Å². The summed E-state index contributed by atoms with van der Waals surface area (Å²) in [4.78, 5) is 20.4. The lowest BCUT2D eigenvalue weighted by Gasteiger charge is -2.19. The molecule has 1 atom stereocenters. The van der Waals surface area contributed by atoms with E-state index in [1.165, 1.54) is 24.2 Å². The largest absolute Gasteiger partial charge is 0.350 e. The van der Waals surface area contributed by atoms with Gasteiger partial charge in [0.1, 0.15) is 4.83 Å². The lowest BCUT2D eigenvalue weighted by Crippen LogP contribution is -2.37. The summed E-state index contributed by atoms with van der Waals surface area (Å²) in [6.07, 6.45) is 4.16. The molecule has 0 radical (unpaired) electrons. The molecule has 0 spiro atoms. The summed E-state index contributed by atoms with van der Waals surface area (Å²) in [5.41, 5.74) is 0. The van der Waals surface area contributed by atoms with Crippen LogP contribution in [0, 0.1) is 0 Å². The van der Waals surface area contributed by atoms with Crippen molar-refractivity contribution < 1.29 is 4.79 Å². The summed E-state index contributed by atoms with van der Waals surface area (Å²) in [5.74, 6) is 0.0169. The SMILES string of the molecule is CN1CCCC1CNC(=O)c1cc2cccnc2s1. The third kappa shape index (κ3) is 2.62. The molecule has 1 aliphatic rings. The fraction of sp³-hybridized carbons (Fsp3) is 0.429. The third-order valence-electron chi connectivity index (χ3n) is 3.69.